The number of esters is 1. The lowest BCUT2D eigenvalue weighted by atomic mass is 9.77. The van der Waals surface area contributed by atoms with Crippen molar-refractivity contribution < 1.29 is 34.1 Å². The van der Waals surface area contributed by atoms with Gasteiger partial charge in [0, 0.05) is 27.9 Å². The zero-order chi connectivity index (χ0) is 22.4. The number of fused-ring (bicyclic) bond motifs is 3. The van der Waals surface area contributed by atoms with Crippen molar-refractivity contribution in [2.75, 3.05) is 0 Å². The second-order valence-electron chi connectivity index (χ2n) is 8.67. The number of phenolic OH excluding ortho intramolecular Hbond substituents is 1. The van der Waals surface area contributed by atoms with Crippen LogP contribution in [0.1, 0.15) is 41.5 Å². The summed E-state index contributed by atoms with van der Waals surface area (Å²) in [6, 6.07) is 2.80. The maximum atomic E-state index is 13.4. The van der Waals surface area contributed by atoms with E-state index in [4.69, 9.17) is 9.47 Å². The molecule has 2 N–H and O–H groups in total. The molecule has 31 heavy (non-hydrogen) atoms. The van der Waals surface area contributed by atoms with Crippen molar-refractivity contribution in [2.45, 2.75) is 50.7 Å². The first-order chi connectivity index (χ1) is 14.6. The highest BCUT2D eigenvalue weighted by atomic mass is 16.7. The fraction of sp³-hybridized carbons (Fsp3) is 0.409. The van der Waals surface area contributed by atoms with Gasteiger partial charge in [-0.1, -0.05) is 26.0 Å². The molecule has 160 valence electrons. The Morgan fingerprint density at radius 3 is 2.61 bits per heavy atom. The lowest BCUT2D eigenvalue weighted by Crippen LogP contribution is -2.46. The third-order valence-electron chi connectivity index (χ3n) is 6.50. The molecule has 0 radical (unpaired) electrons. The van der Waals surface area contributed by atoms with E-state index in [1.54, 1.807) is 20.8 Å². The average molecular weight is 423 g/mol. The number of benzene rings is 1. The van der Waals surface area contributed by atoms with Gasteiger partial charge in [0.15, 0.2) is 17.7 Å². The van der Waals surface area contributed by atoms with Crippen LogP contribution in [-0.4, -0.2) is 57.7 Å². The van der Waals surface area contributed by atoms with Crippen molar-refractivity contribution in [3.8, 4) is 5.75 Å². The van der Waals surface area contributed by atoms with Gasteiger partial charge < -0.3 is 30.3 Å². The number of carbonyl (C=O) groups excluding carboxylic acids is 3. The smallest absolute Gasteiger partial charge is 0.309 e. The third kappa shape index (κ3) is 2.35. The number of carbonyl (C=O) groups is 3. The van der Waals surface area contributed by atoms with Crippen LogP contribution < -0.4 is 0 Å². The van der Waals surface area contributed by atoms with Crippen LogP contribution in [0.4, 0.5) is 0 Å². The molecule has 1 saturated heterocycles. The normalized spacial score (nSPS) is 33.1. The quantitative estimate of drug-likeness (QED) is 0.428. The van der Waals surface area contributed by atoms with Crippen molar-refractivity contribution in [1.82, 2.24) is 0 Å². The number of phenols is 1. The number of ether oxygens (including phenoxy) is 2. The fourth-order valence-electron chi connectivity index (χ4n) is 4.89. The molecule has 5 rings (SSSR count). The molecule has 1 aliphatic heterocycles. The number of nitrogens with zero attached hydrogens (tertiary/aromatic N) is 2. The van der Waals surface area contributed by atoms with Crippen LogP contribution in [-0.2, 0) is 14.3 Å². The Labute approximate surface area is 176 Å². The summed E-state index contributed by atoms with van der Waals surface area (Å²) in [6.45, 7) is 4.96. The van der Waals surface area contributed by atoms with Crippen LogP contribution in [0.2, 0.25) is 0 Å². The second-order valence-corrected chi connectivity index (χ2v) is 8.67. The predicted molar refractivity (Wildman–Crippen MR) is 104 cm³/mol. The molecule has 0 aromatic heterocycles. The van der Waals surface area contributed by atoms with Gasteiger partial charge in [-0.05, 0) is 13.0 Å². The summed E-state index contributed by atoms with van der Waals surface area (Å²) in [5, 5.41) is 24.5. The summed E-state index contributed by atoms with van der Waals surface area (Å²) in [5.74, 6) is -2.64. The molecule has 9 heteroatoms. The number of hydrogen-bond donors (Lipinski definition) is 2. The first-order valence-corrected chi connectivity index (χ1v) is 9.93. The molecule has 1 unspecified atom stereocenters. The molecule has 3 aliphatic carbocycles. The number of hydrogen-bond acceptors (Lipinski definition) is 8. The van der Waals surface area contributed by atoms with Gasteiger partial charge in [-0.25, -0.2) is 0 Å². The molecule has 9 nitrogen and oxygen atoms in total. The van der Waals surface area contributed by atoms with Crippen molar-refractivity contribution in [2.24, 2.45) is 11.0 Å². The van der Waals surface area contributed by atoms with Gasteiger partial charge in [0.1, 0.15) is 23.6 Å². The first kappa shape index (κ1) is 19.8. The van der Waals surface area contributed by atoms with E-state index in [9.17, 15) is 30.1 Å². The van der Waals surface area contributed by atoms with Crippen molar-refractivity contribution in [3.63, 3.8) is 0 Å². The fourth-order valence-corrected chi connectivity index (χ4v) is 4.89. The molecule has 4 aliphatic rings. The van der Waals surface area contributed by atoms with E-state index in [0.29, 0.717) is 0 Å². The molecule has 0 spiro atoms. The molecule has 0 amide bonds. The average Bonchev–Trinajstić information content (AvgIpc) is 3.30. The van der Waals surface area contributed by atoms with Crippen molar-refractivity contribution in [1.29, 1.82) is 0 Å². The largest absolute Gasteiger partial charge is 0.711 e. The topological polar surface area (TPSA) is 148 Å². The summed E-state index contributed by atoms with van der Waals surface area (Å²) < 4.78 is 11.4. The minimum Gasteiger partial charge on any atom is -0.711 e. The molecule has 0 saturated carbocycles. The van der Waals surface area contributed by atoms with Gasteiger partial charge >= 0.3 is 5.97 Å². The van der Waals surface area contributed by atoms with E-state index in [0.717, 1.165) is 0 Å². The Balaban J connectivity index is 1.71. The van der Waals surface area contributed by atoms with Gasteiger partial charge in [-0.15, -0.1) is 0 Å². The predicted octanol–water partition coefficient (Wildman–Crippen LogP) is 1.87. The minimum absolute atomic E-state index is 0.0119. The Morgan fingerprint density at radius 2 is 1.97 bits per heavy atom. The highest BCUT2D eigenvalue weighted by Crippen LogP contribution is 2.58. The van der Waals surface area contributed by atoms with Gasteiger partial charge in [0.05, 0.1) is 17.5 Å². The summed E-state index contributed by atoms with van der Waals surface area (Å²) in [5.41, 5.74) is 8.59. The van der Waals surface area contributed by atoms with Crippen LogP contribution >= 0.6 is 0 Å². The number of rotatable bonds is 3. The molecular weight excluding hydrogens is 404 g/mol. The van der Waals surface area contributed by atoms with Crippen LogP contribution in [0.15, 0.2) is 45.6 Å². The summed E-state index contributed by atoms with van der Waals surface area (Å²) in [7, 11) is 0. The van der Waals surface area contributed by atoms with Crippen LogP contribution in [0.3, 0.4) is 0 Å². The number of aliphatic hydroxyl groups is 1. The maximum Gasteiger partial charge on any atom is 0.309 e. The first-order valence-electron chi connectivity index (χ1n) is 9.93. The molecule has 1 heterocycles. The Hall–Kier alpha value is -3.17. The van der Waals surface area contributed by atoms with Gasteiger partial charge in [0.25, 0.3) is 0 Å². The molecule has 1 aromatic carbocycles. The Bertz CT molecular complexity index is 1160. The summed E-state index contributed by atoms with van der Waals surface area (Å²) >= 11 is 0. The molecular formula is C22H19N2O7-. The molecule has 1 aromatic rings. The number of aromatic hydroxyl groups is 1. The SMILES string of the molecule is CC(C)C(=O)O[C@H]1C2=C(C3=C(C(=O)c4c(O)cccc4C3=O)C2N=[N-])[C@@H](O)[C@H]2O[C@]21C. The summed E-state index contributed by atoms with van der Waals surface area (Å²) in [4.78, 5) is 39.1. The Kier molecular flexibility index (Phi) is 3.94. The Morgan fingerprint density at radius 1 is 1.26 bits per heavy atom. The van der Waals surface area contributed by atoms with Gasteiger partial charge in [-0.3, -0.25) is 14.4 Å². The highest BCUT2D eigenvalue weighted by Gasteiger charge is 2.70. The van der Waals surface area contributed by atoms with E-state index in [2.05, 4.69) is 5.11 Å². The monoisotopic (exact) mass is 423 g/mol. The van der Waals surface area contributed by atoms with Crippen molar-refractivity contribution >= 4 is 17.5 Å². The lowest BCUT2D eigenvalue weighted by Gasteiger charge is -2.33. The third-order valence-corrected chi connectivity index (χ3v) is 6.50. The van der Waals surface area contributed by atoms with Gasteiger partial charge in [-0.2, -0.15) is 0 Å². The zero-order valence-electron chi connectivity index (χ0n) is 16.9. The number of epoxide rings is 1. The highest BCUT2D eigenvalue weighted by molar-refractivity contribution is 6.31. The van der Waals surface area contributed by atoms with E-state index >= 15 is 0 Å². The van der Waals surface area contributed by atoms with E-state index in [1.165, 1.54) is 18.2 Å². The van der Waals surface area contributed by atoms with E-state index < -0.39 is 53.4 Å². The summed E-state index contributed by atoms with van der Waals surface area (Å²) in [6.07, 6.45) is -3.09. The van der Waals surface area contributed by atoms with Crippen LogP contribution in [0.25, 0.3) is 5.53 Å². The number of Topliss-reactive ketones (excluding diaryl/α,β-unsaturated/α-hetero) is 2. The van der Waals surface area contributed by atoms with Gasteiger partial charge in [0.2, 0.25) is 0 Å². The van der Waals surface area contributed by atoms with Crippen LogP contribution in [0.5, 0.6) is 5.75 Å². The van der Waals surface area contributed by atoms with E-state index in [-0.39, 0.29) is 39.2 Å². The second kappa shape index (κ2) is 6.18. The lowest BCUT2D eigenvalue weighted by molar-refractivity contribution is -0.154. The molecule has 0 bridgehead atoms. The zero-order valence-corrected chi connectivity index (χ0v) is 16.9. The number of aliphatic hydroxyl groups excluding tert-OH is 1. The standard InChI is InChI=1S/C22H19N2O7/c1-7(2)21(29)30-19-14-12(18(28)20-22(19,3)31-20)11-13(15(14)24-23)17(27)10-8(16(11)26)5-4-6-9(10)25/h4-7,15,18-20,25,28H,1-3H3/q-1/t15?,18-,19+,20-,22+/m1/s1. The van der Waals surface area contributed by atoms with Crippen molar-refractivity contribution in [3.05, 3.63) is 57.1 Å². The number of ketones is 2. The maximum absolute atomic E-state index is 13.4. The minimum atomic E-state index is -1.34. The van der Waals surface area contributed by atoms with Crippen LogP contribution in [0, 0.1) is 5.92 Å². The molecule has 1 fully saturated rings. The molecule has 5 atom stereocenters. The van der Waals surface area contributed by atoms with E-state index in [1.807, 2.05) is 0 Å².